The van der Waals surface area contributed by atoms with Crippen LogP contribution in [0.25, 0.3) is 0 Å². The van der Waals surface area contributed by atoms with Crippen LogP contribution in [-0.2, 0) is 25.5 Å². The Balaban J connectivity index is 1.35. The zero-order valence-electron chi connectivity index (χ0n) is 18.6. The van der Waals surface area contributed by atoms with Crippen molar-refractivity contribution in [1.82, 2.24) is 0 Å². The van der Waals surface area contributed by atoms with Gasteiger partial charge in [-0.2, -0.15) is 0 Å². The number of rotatable bonds is 6. The highest BCUT2D eigenvalue weighted by molar-refractivity contribution is 6.22. The Labute approximate surface area is 192 Å². The third-order valence-electron chi connectivity index (χ3n) is 6.21. The molecule has 33 heavy (non-hydrogen) atoms. The van der Waals surface area contributed by atoms with Gasteiger partial charge in [0.15, 0.2) is 6.61 Å². The molecule has 2 aromatic rings. The molecule has 170 valence electrons. The minimum absolute atomic E-state index is 0.00943. The maximum atomic E-state index is 12.9. The van der Waals surface area contributed by atoms with Gasteiger partial charge >= 0.3 is 5.97 Å². The number of hydrogen-bond acceptors (Lipinski definition) is 5. The number of imide groups is 1. The summed E-state index contributed by atoms with van der Waals surface area (Å²) in [6.45, 7) is 3.57. The lowest BCUT2D eigenvalue weighted by molar-refractivity contribution is -0.123. The second-order valence-corrected chi connectivity index (χ2v) is 8.39. The van der Waals surface area contributed by atoms with Crippen molar-refractivity contribution in [2.24, 2.45) is 17.8 Å². The number of aryl methyl sites for hydroxylation is 1. The summed E-state index contributed by atoms with van der Waals surface area (Å²) in [5.41, 5.74) is 2.44. The van der Waals surface area contributed by atoms with Gasteiger partial charge in [0.05, 0.1) is 23.1 Å². The molecule has 0 radical (unpaired) electrons. The number of esters is 1. The monoisotopic (exact) mass is 446 g/mol. The maximum Gasteiger partial charge on any atom is 0.338 e. The summed E-state index contributed by atoms with van der Waals surface area (Å²) in [6, 6.07) is 13.5. The van der Waals surface area contributed by atoms with Gasteiger partial charge in [0.25, 0.3) is 5.91 Å². The summed E-state index contributed by atoms with van der Waals surface area (Å²) in [7, 11) is 0. The van der Waals surface area contributed by atoms with E-state index in [1.54, 1.807) is 24.3 Å². The first kappa shape index (κ1) is 22.5. The average molecular weight is 447 g/mol. The molecule has 0 spiro atoms. The first-order valence-electron chi connectivity index (χ1n) is 11.1. The van der Waals surface area contributed by atoms with Crippen molar-refractivity contribution in [2.75, 3.05) is 16.8 Å². The lowest BCUT2D eigenvalue weighted by atomic mass is 9.78. The zero-order valence-corrected chi connectivity index (χ0v) is 18.6. The number of amides is 3. The number of benzene rings is 2. The van der Waals surface area contributed by atoms with Crippen molar-refractivity contribution in [3.05, 3.63) is 71.8 Å². The smallest absolute Gasteiger partial charge is 0.338 e. The number of hydrogen-bond donors (Lipinski definition) is 1. The van der Waals surface area contributed by atoms with E-state index in [0.717, 1.165) is 12.0 Å². The summed E-state index contributed by atoms with van der Waals surface area (Å²) >= 11 is 0. The van der Waals surface area contributed by atoms with Crippen LogP contribution in [0, 0.1) is 17.8 Å². The van der Waals surface area contributed by atoms with Crippen molar-refractivity contribution in [1.29, 1.82) is 0 Å². The van der Waals surface area contributed by atoms with E-state index >= 15 is 0 Å². The fourth-order valence-corrected chi connectivity index (χ4v) is 4.38. The lowest BCUT2D eigenvalue weighted by Gasteiger charge is -2.22. The van der Waals surface area contributed by atoms with Crippen molar-refractivity contribution in [3.8, 4) is 0 Å². The summed E-state index contributed by atoms with van der Waals surface area (Å²) < 4.78 is 5.10. The number of ether oxygens (including phenoxy) is 1. The molecule has 3 atom stereocenters. The minimum atomic E-state index is -0.663. The van der Waals surface area contributed by atoms with Crippen LogP contribution in [0.5, 0.6) is 0 Å². The zero-order chi connectivity index (χ0) is 23.5. The van der Waals surface area contributed by atoms with E-state index in [4.69, 9.17) is 4.74 Å². The standard InChI is InChI=1S/C26H26N2O5/c1-3-17-7-11-19(12-8-17)27-22(29)15-33-26(32)18-9-13-20(14-10-18)28-24(30)21-6-4-5-16(2)23(21)25(28)31/h4-5,7-14,16,21,23H,3,6,15H2,1-2H3,(H,27,29)/t16-,21+,23+/m0/s1. The van der Waals surface area contributed by atoms with Crippen LogP contribution in [-0.4, -0.2) is 30.3 Å². The molecular weight excluding hydrogens is 420 g/mol. The SMILES string of the molecule is CCc1ccc(NC(=O)COC(=O)c2ccc(N3C(=O)[C@@H]4[C@@H](C)C=CC[C@H]4C3=O)cc2)cc1. The summed E-state index contributed by atoms with van der Waals surface area (Å²) in [4.78, 5) is 51.3. The molecule has 2 aliphatic rings. The predicted octanol–water partition coefficient (Wildman–Crippen LogP) is 3.75. The van der Waals surface area contributed by atoms with Gasteiger partial charge in [-0.1, -0.05) is 38.1 Å². The summed E-state index contributed by atoms with van der Waals surface area (Å²) in [5.74, 6) is -2.19. The highest BCUT2D eigenvalue weighted by atomic mass is 16.5. The van der Waals surface area contributed by atoms with Crippen LogP contribution in [0.3, 0.4) is 0 Å². The molecule has 0 saturated carbocycles. The van der Waals surface area contributed by atoms with E-state index in [1.165, 1.54) is 17.0 Å². The highest BCUT2D eigenvalue weighted by Crippen LogP contribution is 2.40. The lowest BCUT2D eigenvalue weighted by Crippen LogP contribution is -2.31. The fraction of sp³-hybridized carbons (Fsp3) is 0.308. The van der Waals surface area contributed by atoms with Gasteiger partial charge in [0.2, 0.25) is 11.8 Å². The third kappa shape index (κ3) is 4.58. The normalized spacial score (nSPS) is 21.6. The Morgan fingerprint density at radius 2 is 1.73 bits per heavy atom. The van der Waals surface area contributed by atoms with Gasteiger partial charge in [0.1, 0.15) is 0 Å². The topological polar surface area (TPSA) is 92.8 Å². The summed E-state index contributed by atoms with van der Waals surface area (Å²) in [6.07, 6.45) is 5.40. The molecule has 0 unspecified atom stereocenters. The number of allylic oxidation sites excluding steroid dienone is 2. The highest BCUT2D eigenvalue weighted by Gasteiger charge is 2.50. The van der Waals surface area contributed by atoms with Crippen LogP contribution in [0.2, 0.25) is 0 Å². The van der Waals surface area contributed by atoms with Gasteiger partial charge in [-0.25, -0.2) is 4.79 Å². The van der Waals surface area contributed by atoms with Crippen molar-refractivity contribution in [3.63, 3.8) is 0 Å². The molecule has 1 aliphatic carbocycles. The fourth-order valence-electron chi connectivity index (χ4n) is 4.38. The van der Waals surface area contributed by atoms with Crippen molar-refractivity contribution >= 4 is 35.1 Å². The number of nitrogens with zero attached hydrogens (tertiary/aromatic N) is 1. The molecule has 1 aliphatic heterocycles. The molecule has 2 aromatic carbocycles. The second-order valence-electron chi connectivity index (χ2n) is 8.39. The first-order valence-corrected chi connectivity index (χ1v) is 11.1. The van der Waals surface area contributed by atoms with E-state index in [2.05, 4.69) is 5.32 Å². The molecular formula is C26H26N2O5. The van der Waals surface area contributed by atoms with E-state index in [1.807, 2.05) is 38.1 Å². The molecule has 1 N–H and O–H groups in total. The molecule has 3 amide bonds. The Kier molecular flexibility index (Phi) is 6.40. The molecule has 0 bridgehead atoms. The van der Waals surface area contributed by atoms with Crippen LogP contribution in [0.15, 0.2) is 60.7 Å². The quantitative estimate of drug-likeness (QED) is 0.415. The van der Waals surface area contributed by atoms with Gasteiger partial charge in [-0.15, -0.1) is 0 Å². The van der Waals surface area contributed by atoms with Crippen LogP contribution >= 0.6 is 0 Å². The molecule has 1 heterocycles. The molecule has 1 saturated heterocycles. The Hall–Kier alpha value is -3.74. The number of carbonyl (C=O) groups is 4. The van der Waals surface area contributed by atoms with Crippen LogP contribution in [0.4, 0.5) is 11.4 Å². The molecule has 7 heteroatoms. The summed E-state index contributed by atoms with van der Waals surface area (Å²) in [5, 5.41) is 2.68. The average Bonchev–Trinajstić information content (AvgIpc) is 3.09. The number of carbonyl (C=O) groups excluding carboxylic acids is 4. The van der Waals surface area contributed by atoms with E-state index < -0.39 is 18.5 Å². The number of fused-ring (bicyclic) bond motifs is 1. The maximum absolute atomic E-state index is 12.9. The Morgan fingerprint density at radius 3 is 2.36 bits per heavy atom. The van der Waals surface area contributed by atoms with Gasteiger partial charge < -0.3 is 10.1 Å². The molecule has 0 aromatic heterocycles. The predicted molar refractivity (Wildman–Crippen MR) is 124 cm³/mol. The van der Waals surface area contributed by atoms with Gasteiger partial charge in [-0.05, 0) is 60.7 Å². The van der Waals surface area contributed by atoms with Gasteiger partial charge in [0, 0.05) is 5.69 Å². The van der Waals surface area contributed by atoms with Crippen LogP contribution in [0.1, 0.15) is 36.2 Å². The van der Waals surface area contributed by atoms with E-state index in [9.17, 15) is 19.2 Å². The van der Waals surface area contributed by atoms with E-state index in [-0.39, 0.29) is 35.1 Å². The molecule has 4 rings (SSSR count). The Bertz CT molecular complexity index is 1100. The van der Waals surface area contributed by atoms with E-state index in [0.29, 0.717) is 17.8 Å². The largest absolute Gasteiger partial charge is 0.452 e. The number of nitrogens with one attached hydrogen (secondary N) is 1. The Morgan fingerprint density at radius 1 is 1.03 bits per heavy atom. The van der Waals surface area contributed by atoms with Crippen molar-refractivity contribution < 1.29 is 23.9 Å². The first-order chi connectivity index (χ1) is 15.9. The minimum Gasteiger partial charge on any atom is -0.452 e. The molecule has 1 fully saturated rings. The van der Waals surface area contributed by atoms with Crippen molar-refractivity contribution in [2.45, 2.75) is 26.7 Å². The van der Waals surface area contributed by atoms with Crippen LogP contribution < -0.4 is 10.2 Å². The number of anilines is 2. The third-order valence-corrected chi connectivity index (χ3v) is 6.21. The second kappa shape index (κ2) is 9.40. The van der Waals surface area contributed by atoms with Gasteiger partial charge in [-0.3, -0.25) is 19.3 Å². The molecule has 7 nitrogen and oxygen atoms in total.